The number of anilines is 1. The van der Waals surface area contributed by atoms with E-state index >= 15 is 0 Å². The van der Waals surface area contributed by atoms with Crippen LogP contribution in [0.15, 0.2) is 6.07 Å². The number of aromatic nitrogens is 2. The fourth-order valence-electron chi connectivity index (χ4n) is 2.05. The molecule has 0 aliphatic carbocycles. The van der Waals surface area contributed by atoms with Gasteiger partial charge in [-0.1, -0.05) is 6.92 Å². The lowest BCUT2D eigenvalue weighted by molar-refractivity contribution is -0.0327. The number of likely N-dealkylation sites (N-methyl/N-ethyl adjacent to an activating group) is 1. The summed E-state index contributed by atoms with van der Waals surface area (Å²) >= 11 is 0. The van der Waals surface area contributed by atoms with E-state index in [4.69, 9.17) is 15.2 Å². The zero-order chi connectivity index (χ0) is 13.0. The van der Waals surface area contributed by atoms with E-state index in [1.165, 1.54) is 0 Å². The van der Waals surface area contributed by atoms with Gasteiger partial charge in [-0.2, -0.15) is 0 Å². The molecular formula is C12H20N4O2. The van der Waals surface area contributed by atoms with Gasteiger partial charge in [0.15, 0.2) is 5.82 Å². The summed E-state index contributed by atoms with van der Waals surface area (Å²) in [5.74, 6) is 1.12. The van der Waals surface area contributed by atoms with Gasteiger partial charge in [0.25, 0.3) is 0 Å². The fourth-order valence-corrected chi connectivity index (χ4v) is 2.05. The molecule has 2 N–H and O–H groups in total. The molecule has 2 heterocycles. The van der Waals surface area contributed by atoms with Crippen molar-refractivity contribution in [3.8, 4) is 0 Å². The van der Waals surface area contributed by atoms with Crippen LogP contribution in [-0.4, -0.2) is 48.2 Å². The van der Waals surface area contributed by atoms with Crippen LogP contribution in [0.4, 0.5) is 5.82 Å². The molecule has 1 aromatic heterocycles. The van der Waals surface area contributed by atoms with E-state index in [1.807, 2.05) is 0 Å². The van der Waals surface area contributed by atoms with Gasteiger partial charge in [0, 0.05) is 26.3 Å². The maximum atomic E-state index is 5.79. The molecule has 6 nitrogen and oxygen atoms in total. The summed E-state index contributed by atoms with van der Waals surface area (Å²) in [6.45, 7) is 6.05. The third kappa shape index (κ3) is 3.16. The van der Waals surface area contributed by atoms with Crippen molar-refractivity contribution < 1.29 is 9.47 Å². The van der Waals surface area contributed by atoms with E-state index in [1.54, 1.807) is 13.2 Å². The van der Waals surface area contributed by atoms with Crippen LogP contribution in [0.3, 0.4) is 0 Å². The molecule has 0 spiro atoms. The third-order valence-electron chi connectivity index (χ3n) is 2.99. The van der Waals surface area contributed by atoms with Gasteiger partial charge >= 0.3 is 0 Å². The summed E-state index contributed by atoms with van der Waals surface area (Å²) in [4.78, 5) is 11.0. The molecule has 6 heteroatoms. The molecule has 0 aromatic carbocycles. The Bertz CT molecular complexity index is 400. The number of hydrogen-bond donors (Lipinski definition) is 1. The second-order valence-corrected chi connectivity index (χ2v) is 4.33. The number of nitrogen functional groups attached to an aromatic ring is 1. The highest BCUT2D eigenvalue weighted by Crippen LogP contribution is 2.20. The average molecular weight is 252 g/mol. The molecule has 1 fully saturated rings. The first kappa shape index (κ1) is 13.2. The maximum absolute atomic E-state index is 5.79. The van der Waals surface area contributed by atoms with E-state index in [2.05, 4.69) is 21.8 Å². The Kier molecular flexibility index (Phi) is 4.46. The minimum Gasteiger partial charge on any atom is -0.384 e. The number of morpholine rings is 1. The highest BCUT2D eigenvalue weighted by molar-refractivity contribution is 5.30. The van der Waals surface area contributed by atoms with E-state index in [9.17, 15) is 0 Å². The predicted molar refractivity (Wildman–Crippen MR) is 68.0 cm³/mol. The number of nitrogens with two attached hydrogens (primary N) is 1. The zero-order valence-corrected chi connectivity index (χ0v) is 10.9. The van der Waals surface area contributed by atoms with Crippen molar-refractivity contribution in [1.29, 1.82) is 0 Å². The normalized spacial score (nSPS) is 21.1. The van der Waals surface area contributed by atoms with Crippen LogP contribution >= 0.6 is 0 Å². The van der Waals surface area contributed by atoms with Gasteiger partial charge < -0.3 is 15.2 Å². The summed E-state index contributed by atoms with van der Waals surface area (Å²) in [6, 6.07) is 1.73. The molecule has 1 aliphatic rings. The molecule has 1 aliphatic heterocycles. The molecule has 0 amide bonds. The number of rotatable bonds is 4. The summed E-state index contributed by atoms with van der Waals surface area (Å²) in [6.07, 6.45) is -0.0993. The number of methoxy groups -OCH3 is 1. The maximum Gasteiger partial charge on any atom is 0.161 e. The van der Waals surface area contributed by atoms with Crippen molar-refractivity contribution in [2.45, 2.75) is 19.6 Å². The number of hydrogen-bond acceptors (Lipinski definition) is 6. The van der Waals surface area contributed by atoms with Gasteiger partial charge in [-0.15, -0.1) is 0 Å². The van der Waals surface area contributed by atoms with Crippen molar-refractivity contribution >= 4 is 5.82 Å². The van der Waals surface area contributed by atoms with Gasteiger partial charge in [0.2, 0.25) is 0 Å². The minimum atomic E-state index is -0.0993. The van der Waals surface area contributed by atoms with Crippen LogP contribution in [0.25, 0.3) is 0 Å². The topological polar surface area (TPSA) is 73.5 Å². The molecule has 1 atom stereocenters. The van der Waals surface area contributed by atoms with Crippen molar-refractivity contribution in [3.63, 3.8) is 0 Å². The lowest BCUT2D eigenvalue weighted by atomic mass is 10.2. The summed E-state index contributed by atoms with van der Waals surface area (Å²) in [5, 5.41) is 0. The molecule has 0 bridgehead atoms. The molecule has 18 heavy (non-hydrogen) atoms. The molecular weight excluding hydrogens is 232 g/mol. The second kappa shape index (κ2) is 6.08. The van der Waals surface area contributed by atoms with Gasteiger partial charge in [-0.05, 0) is 6.54 Å². The van der Waals surface area contributed by atoms with Gasteiger partial charge in [0.1, 0.15) is 11.9 Å². The van der Waals surface area contributed by atoms with Crippen LogP contribution in [0.1, 0.15) is 24.5 Å². The quantitative estimate of drug-likeness (QED) is 0.846. The standard InChI is InChI=1S/C12H20N4O2/c1-3-16-4-5-18-10(7-16)12-14-9(8-17-2)6-11(13)15-12/h6,10H,3-5,7-8H2,1-2H3,(H2,13,14,15). The lowest BCUT2D eigenvalue weighted by Crippen LogP contribution is -2.38. The van der Waals surface area contributed by atoms with Gasteiger partial charge in [-0.25, -0.2) is 9.97 Å². The summed E-state index contributed by atoms with van der Waals surface area (Å²) in [5.41, 5.74) is 6.58. The second-order valence-electron chi connectivity index (χ2n) is 4.33. The van der Waals surface area contributed by atoms with Crippen LogP contribution in [0, 0.1) is 0 Å². The first-order valence-corrected chi connectivity index (χ1v) is 6.19. The van der Waals surface area contributed by atoms with Gasteiger partial charge in [0.05, 0.1) is 18.9 Å². The zero-order valence-electron chi connectivity index (χ0n) is 10.9. The monoisotopic (exact) mass is 252 g/mol. The smallest absolute Gasteiger partial charge is 0.161 e. The first-order chi connectivity index (χ1) is 8.72. The highest BCUT2D eigenvalue weighted by Gasteiger charge is 2.23. The van der Waals surface area contributed by atoms with Crippen LogP contribution < -0.4 is 5.73 Å². The van der Waals surface area contributed by atoms with Crippen LogP contribution in [0.2, 0.25) is 0 Å². The Morgan fingerprint density at radius 2 is 2.39 bits per heavy atom. The van der Waals surface area contributed by atoms with E-state index in [0.29, 0.717) is 24.9 Å². The molecule has 1 saturated heterocycles. The number of nitrogens with zero attached hydrogens (tertiary/aromatic N) is 3. The average Bonchev–Trinajstić information content (AvgIpc) is 2.38. The third-order valence-corrected chi connectivity index (χ3v) is 2.99. The molecule has 2 rings (SSSR count). The first-order valence-electron chi connectivity index (χ1n) is 6.19. The lowest BCUT2D eigenvalue weighted by Gasteiger charge is -2.31. The van der Waals surface area contributed by atoms with E-state index in [-0.39, 0.29) is 6.10 Å². The Balaban J connectivity index is 2.16. The Hall–Kier alpha value is -1.24. The van der Waals surface area contributed by atoms with Gasteiger partial charge in [-0.3, -0.25) is 4.90 Å². The highest BCUT2D eigenvalue weighted by atomic mass is 16.5. The number of ether oxygens (including phenoxy) is 2. The van der Waals surface area contributed by atoms with Crippen molar-refractivity contribution in [2.75, 3.05) is 39.1 Å². The SMILES string of the molecule is CCN1CCOC(c2nc(N)cc(COC)n2)C1. The predicted octanol–water partition coefficient (Wildman–Crippen LogP) is 0.598. The van der Waals surface area contributed by atoms with Crippen molar-refractivity contribution in [3.05, 3.63) is 17.6 Å². The minimum absolute atomic E-state index is 0.0993. The Morgan fingerprint density at radius 3 is 3.11 bits per heavy atom. The Morgan fingerprint density at radius 1 is 1.56 bits per heavy atom. The van der Waals surface area contributed by atoms with E-state index in [0.717, 1.165) is 25.3 Å². The largest absolute Gasteiger partial charge is 0.384 e. The van der Waals surface area contributed by atoms with E-state index < -0.39 is 0 Å². The van der Waals surface area contributed by atoms with Crippen LogP contribution in [-0.2, 0) is 16.1 Å². The molecule has 100 valence electrons. The Labute approximate surface area is 107 Å². The van der Waals surface area contributed by atoms with Crippen molar-refractivity contribution in [1.82, 2.24) is 14.9 Å². The molecule has 0 saturated carbocycles. The molecule has 1 unspecified atom stereocenters. The molecule has 1 aromatic rings. The fraction of sp³-hybridized carbons (Fsp3) is 0.667. The van der Waals surface area contributed by atoms with Crippen LogP contribution in [0.5, 0.6) is 0 Å². The summed E-state index contributed by atoms with van der Waals surface area (Å²) < 4.78 is 10.8. The summed E-state index contributed by atoms with van der Waals surface area (Å²) in [7, 11) is 1.63. The van der Waals surface area contributed by atoms with Crippen molar-refractivity contribution in [2.24, 2.45) is 0 Å². The molecule has 0 radical (unpaired) electrons.